The van der Waals surface area contributed by atoms with Gasteiger partial charge in [-0.25, -0.2) is 0 Å². The monoisotopic (exact) mass is 200 g/mol. The van der Waals surface area contributed by atoms with Crippen molar-refractivity contribution >= 4 is 0 Å². The van der Waals surface area contributed by atoms with Crippen LogP contribution in [0.1, 0.15) is 26.2 Å². The lowest BCUT2D eigenvalue weighted by molar-refractivity contribution is 0.138. The van der Waals surface area contributed by atoms with Crippen molar-refractivity contribution in [2.75, 3.05) is 33.9 Å². The number of hydrogen-bond donors (Lipinski definition) is 1. The van der Waals surface area contributed by atoms with E-state index in [2.05, 4.69) is 17.1 Å². The van der Waals surface area contributed by atoms with Crippen molar-refractivity contribution in [2.45, 2.75) is 38.3 Å². The molecule has 1 atom stereocenters. The third-order valence-corrected chi connectivity index (χ3v) is 2.81. The number of likely N-dealkylation sites (N-methyl/N-ethyl adjacent to an activating group) is 1. The van der Waals surface area contributed by atoms with Gasteiger partial charge >= 0.3 is 0 Å². The second-order valence-corrected chi connectivity index (χ2v) is 4.17. The zero-order valence-electron chi connectivity index (χ0n) is 9.75. The van der Waals surface area contributed by atoms with E-state index in [0.717, 1.165) is 19.2 Å². The highest BCUT2D eigenvalue weighted by Gasteiger charge is 2.29. The van der Waals surface area contributed by atoms with Crippen LogP contribution in [0.15, 0.2) is 0 Å². The third kappa shape index (κ3) is 3.95. The summed E-state index contributed by atoms with van der Waals surface area (Å²) in [5, 5.41) is 3.31. The number of nitrogens with zero attached hydrogens (tertiary/aromatic N) is 1. The molecule has 0 aromatic heterocycles. The summed E-state index contributed by atoms with van der Waals surface area (Å²) in [4.78, 5) is 2.60. The average molecular weight is 200 g/mol. The Labute approximate surface area is 87.8 Å². The summed E-state index contributed by atoms with van der Waals surface area (Å²) in [6, 6.07) is 1.34. The SMILES string of the molecule is CCCN(CC(COC)NC)C1CC1. The molecule has 0 heterocycles. The van der Waals surface area contributed by atoms with Gasteiger partial charge in [0.25, 0.3) is 0 Å². The van der Waals surface area contributed by atoms with Crippen molar-refractivity contribution in [3.8, 4) is 0 Å². The molecule has 0 spiro atoms. The minimum Gasteiger partial charge on any atom is -0.383 e. The molecule has 1 unspecified atom stereocenters. The van der Waals surface area contributed by atoms with Gasteiger partial charge in [0.15, 0.2) is 0 Å². The molecule has 3 nitrogen and oxygen atoms in total. The number of nitrogens with one attached hydrogen (secondary N) is 1. The summed E-state index contributed by atoms with van der Waals surface area (Å²) < 4.78 is 5.18. The van der Waals surface area contributed by atoms with Crippen LogP contribution >= 0.6 is 0 Å². The summed E-state index contributed by atoms with van der Waals surface area (Å²) in [7, 11) is 3.78. The fraction of sp³-hybridized carbons (Fsp3) is 1.00. The van der Waals surface area contributed by atoms with Gasteiger partial charge in [0.2, 0.25) is 0 Å². The largest absolute Gasteiger partial charge is 0.383 e. The van der Waals surface area contributed by atoms with E-state index < -0.39 is 0 Å². The van der Waals surface area contributed by atoms with Crippen molar-refractivity contribution in [2.24, 2.45) is 0 Å². The third-order valence-electron chi connectivity index (χ3n) is 2.81. The molecule has 3 heteroatoms. The molecule has 1 aliphatic rings. The number of ether oxygens (including phenoxy) is 1. The van der Waals surface area contributed by atoms with Crippen molar-refractivity contribution < 1.29 is 4.74 Å². The number of rotatable bonds is 8. The van der Waals surface area contributed by atoms with Crippen LogP contribution in [0, 0.1) is 0 Å². The summed E-state index contributed by atoms with van der Waals surface area (Å²) in [6.07, 6.45) is 4.03. The first-order valence-electron chi connectivity index (χ1n) is 5.72. The quantitative estimate of drug-likeness (QED) is 0.635. The standard InChI is InChI=1S/C11H24N2O/c1-4-7-13(11-5-6-11)8-10(12-2)9-14-3/h10-12H,4-9H2,1-3H3. The van der Waals surface area contributed by atoms with Crippen LogP contribution in [0.25, 0.3) is 0 Å². The molecular formula is C11H24N2O. The molecule has 0 radical (unpaired) electrons. The van der Waals surface area contributed by atoms with Crippen molar-refractivity contribution in [1.29, 1.82) is 0 Å². The predicted molar refractivity (Wildman–Crippen MR) is 59.6 cm³/mol. The molecule has 1 rings (SSSR count). The van der Waals surface area contributed by atoms with Crippen LogP contribution in [-0.4, -0.2) is 50.8 Å². The van der Waals surface area contributed by atoms with Crippen molar-refractivity contribution in [3.63, 3.8) is 0 Å². The van der Waals surface area contributed by atoms with Crippen LogP contribution < -0.4 is 5.32 Å². The van der Waals surface area contributed by atoms with E-state index in [1.807, 2.05) is 7.05 Å². The first-order valence-corrected chi connectivity index (χ1v) is 5.72. The summed E-state index contributed by atoms with van der Waals surface area (Å²) in [5.41, 5.74) is 0. The van der Waals surface area contributed by atoms with Crippen molar-refractivity contribution in [3.05, 3.63) is 0 Å². The second kappa shape index (κ2) is 6.38. The van der Waals surface area contributed by atoms with Gasteiger partial charge in [-0.2, -0.15) is 0 Å². The van der Waals surface area contributed by atoms with Gasteiger partial charge in [0.1, 0.15) is 0 Å². The normalized spacial score (nSPS) is 18.9. The van der Waals surface area contributed by atoms with Gasteiger partial charge in [-0.15, -0.1) is 0 Å². The summed E-state index contributed by atoms with van der Waals surface area (Å²) >= 11 is 0. The Kier molecular flexibility index (Phi) is 5.45. The Morgan fingerprint density at radius 2 is 2.21 bits per heavy atom. The van der Waals surface area contributed by atoms with Crippen LogP contribution in [-0.2, 0) is 4.74 Å². The highest BCUT2D eigenvalue weighted by Crippen LogP contribution is 2.26. The molecule has 1 fully saturated rings. The van der Waals surface area contributed by atoms with Gasteiger partial charge < -0.3 is 10.1 Å². The maximum absolute atomic E-state index is 5.18. The molecular weight excluding hydrogens is 176 g/mol. The molecule has 0 amide bonds. The number of hydrogen-bond acceptors (Lipinski definition) is 3. The fourth-order valence-electron chi connectivity index (χ4n) is 1.86. The Balaban J connectivity index is 2.27. The Morgan fingerprint density at radius 3 is 2.64 bits per heavy atom. The zero-order chi connectivity index (χ0) is 10.4. The molecule has 1 saturated carbocycles. The molecule has 1 N–H and O–H groups in total. The van der Waals surface area contributed by atoms with Gasteiger partial charge in [0, 0.05) is 25.7 Å². The highest BCUT2D eigenvalue weighted by molar-refractivity contribution is 4.86. The highest BCUT2D eigenvalue weighted by atomic mass is 16.5. The summed E-state index contributed by atoms with van der Waals surface area (Å²) in [5.74, 6) is 0. The lowest BCUT2D eigenvalue weighted by Crippen LogP contribution is -2.43. The van der Waals surface area contributed by atoms with E-state index >= 15 is 0 Å². The summed E-state index contributed by atoms with van der Waals surface area (Å²) in [6.45, 7) is 5.42. The van der Waals surface area contributed by atoms with Crippen LogP contribution in [0.4, 0.5) is 0 Å². The lowest BCUT2D eigenvalue weighted by atomic mass is 10.2. The topological polar surface area (TPSA) is 24.5 Å². The van der Waals surface area contributed by atoms with Crippen molar-refractivity contribution in [1.82, 2.24) is 10.2 Å². The lowest BCUT2D eigenvalue weighted by Gasteiger charge is -2.26. The predicted octanol–water partition coefficient (Wildman–Crippen LogP) is 1.10. The molecule has 0 saturated heterocycles. The Morgan fingerprint density at radius 1 is 1.50 bits per heavy atom. The Bertz CT molecular complexity index is 148. The van der Waals surface area contributed by atoms with Gasteiger partial charge in [-0.3, -0.25) is 4.90 Å². The van der Waals surface area contributed by atoms with E-state index in [-0.39, 0.29) is 0 Å². The first-order chi connectivity index (χ1) is 6.81. The van der Waals surface area contributed by atoms with E-state index in [4.69, 9.17) is 4.74 Å². The van der Waals surface area contributed by atoms with E-state index in [0.29, 0.717) is 6.04 Å². The Hall–Kier alpha value is -0.120. The first kappa shape index (κ1) is 12.0. The minimum atomic E-state index is 0.479. The smallest absolute Gasteiger partial charge is 0.0628 e. The van der Waals surface area contributed by atoms with Gasteiger partial charge in [-0.1, -0.05) is 6.92 Å². The van der Waals surface area contributed by atoms with Gasteiger partial charge in [-0.05, 0) is 32.9 Å². The minimum absolute atomic E-state index is 0.479. The number of methoxy groups -OCH3 is 1. The molecule has 14 heavy (non-hydrogen) atoms. The second-order valence-electron chi connectivity index (χ2n) is 4.17. The molecule has 0 aromatic carbocycles. The maximum Gasteiger partial charge on any atom is 0.0628 e. The van der Waals surface area contributed by atoms with Gasteiger partial charge in [0.05, 0.1) is 6.61 Å². The van der Waals surface area contributed by atoms with Crippen LogP contribution in [0.5, 0.6) is 0 Å². The molecule has 0 bridgehead atoms. The zero-order valence-corrected chi connectivity index (χ0v) is 9.75. The molecule has 1 aliphatic carbocycles. The average Bonchev–Trinajstić information content (AvgIpc) is 2.99. The molecule has 0 aliphatic heterocycles. The van der Waals surface area contributed by atoms with Crippen LogP contribution in [0.3, 0.4) is 0 Å². The van der Waals surface area contributed by atoms with E-state index in [1.165, 1.54) is 25.8 Å². The molecule has 0 aromatic rings. The van der Waals surface area contributed by atoms with Crippen LogP contribution in [0.2, 0.25) is 0 Å². The maximum atomic E-state index is 5.18. The fourth-order valence-corrected chi connectivity index (χ4v) is 1.86. The molecule has 84 valence electrons. The van der Waals surface area contributed by atoms with E-state index in [1.54, 1.807) is 7.11 Å². The van der Waals surface area contributed by atoms with E-state index in [9.17, 15) is 0 Å².